The molecule has 1 fully saturated rings. The van der Waals surface area contributed by atoms with Gasteiger partial charge in [0.15, 0.2) is 5.82 Å². The summed E-state index contributed by atoms with van der Waals surface area (Å²) in [4.78, 5) is 4.08. The molecular weight excluding hydrogens is 238 g/mol. The lowest BCUT2D eigenvalue weighted by Gasteiger charge is -2.07. The van der Waals surface area contributed by atoms with Crippen molar-refractivity contribution < 1.29 is 8.78 Å². The van der Waals surface area contributed by atoms with E-state index < -0.39 is 11.6 Å². The van der Waals surface area contributed by atoms with Crippen molar-refractivity contribution >= 4 is 0 Å². The van der Waals surface area contributed by atoms with Crippen LogP contribution in [0.4, 0.5) is 8.78 Å². The average molecular weight is 250 g/mol. The molecule has 1 saturated carbocycles. The summed E-state index contributed by atoms with van der Waals surface area (Å²) in [6.45, 7) is 0.529. The lowest BCUT2D eigenvalue weighted by atomic mass is 10.3. The second-order valence-electron chi connectivity index (χ2n) is 4.34. The van der Waals surface area contributed by atoms with Crippen molar-refractivity contribution in [3.8, 4) is 5.69 Å². The van der Waals surface area contributed by atoms with Gasteiger partial charge in [-0.05, 0) is 25.0 Å². The van der Waals surface area contributed by atoms with Gasteiger partial charge in [0.1, 0.15) is 23.7 Å². The highest BCUT2D eigenvalue weighted by molar-refractivity contribution is 5.33. The fourth-order valence-electron chi connectivity index (χ4n) is 1.76. The second-order valence-corrected chi connectivity index (χ2v) is 4.34. The van der Waals surface area contributed by atoms with E-state index in [2.05, 4.69) is 15.4 Å². The Hall–Kier alpha value is -1.82. The first-order valence-electron chi connectivity index (χ1n) is 5.82. The Morgan fingerprint density at radius 2 is 2.17 bits per heavy atom. The van der Waals surface area contributed by atoms with Crippen LogP contribution < -0.4 is 5.32 Å². The Morgan fingerprint density at radius 1 is 1.33 bits per heavy atom. The summed E-state index contributed by atoms with van der Waals surface area (Å²) in [5, 5.41) is 7.26. The molecule has 0 amide bonds. The molecule has 0 unspecified atom stereocenters. The zero-order valence-corrected chi connectivity index (χ0v) is 9.61. The van der Waals surface area contributed by atoms with Gasteiger partial charge in [-0.25, -0.2) is 18.4 Å². The van der Waals surface area contributed by atoms with E-state index >= 15 is 0 Å². The van der Waals surface area contributed by atoms with Gasteiger partial charge in [-0.2, -0.15) is 5.10 Å². The molecule has 1 aromatic heterocycles. The minimum atomic E-state index is -0.645. The van der Waals surface area contributed by atoms with Crippen molar-refractivity contribution in [2.24, 2.45) is 0 Å². The normalized spacial score (nSPS) is 15.0. The first-order valence-corrected chi connectivity index (χ1v) is 5.82. The third kappa shape index (κ3) is 2.24. The van der Waals surface area contributed by atoms with Crippen LogP contribution in [0.25, 0.3) is 5.69 Å². The van der Waals surface area contributed by atoms with Gasteiger partial charge in [-0.3, -0.25) is 0 Å². The minimum absolute atomic E-state index is 0.210. The first kappa shape index (κ1) is 11.3. The Balaban J connectivity index is 1.88. The molecule has 6 heteroatoms. The zero-order chi connectivity index (χ0) is 12.5. The van der Waals surface area contributed by atoms with Gasteiger partial charge < -0.3 is 5.32 Å². The van der Waals surface area contributed by atoms with E-state index in [-0.39, 0.29) is 5.69 Å². The fraction of sp³-hybridized carbons (Fsp3) is 0.333. The second kappa shape index (κ2) is 4.45. The van der Waals surface area contributed by atoms with E-state index in [1.54, 1.807) is 0 Å². The molecule has 3 rings (SSSR count). The third-order valence-electron chi connectivity index (χ3n) is 2.88. The lowest BCUT2D eigenvalue weighted by molar-refractivity contribution is 0.566. The maximum absolute atomic E-state index is 13.7. The van der Waals surface area contributed by atoms with Crippen LogP contribution in [0, 0.1) is 11.6 Å². The summed E-state index contributed by atoms with van der Waals surface area (Å²) in [6, 6.07) is 3.95. The largest absolute Gasteiger partial charge is 0.307 e. The summed E-state index contributed by atoms with van der Waals surface area (Å²) < 4.78 is 27.9. The highest BCUT2D eigenvalue weighted by atomic mass is 19.1. The van der Waals surface area contributed by atoms with Gasteiger partial charge in [0.2, 0.25) is 0 Å². The number of rotatable bonds is 4. The Morgan fingerprint density at radius 3 is 2.89 bits per heavy atom. The summed E-state index contributed by atoms with van der Waals surface area (Å²) in [5.41, 5.74) is 0.210. The molecule has 0 saturated heterocycles. The molecule has 1 N–H and O–H groups in total. The molecule has 1 aliphatic carbocycles. The predicted molar refractivity (Wildman–Crippen MR) is 61.1 cm³/mol. The molecular formula is C12H12F2N4. The maximum atomic E-state index is 13.7. The molecule has 0 atom stereocenters. The summed E-state index contributed by atoms with van der Waals surface area (Å²) in [6.07, 6.45) is 3.70. The minimum Gasteiger partial charge on any atom is -0.307 e. The number of hydrogen-bond acceptors (Lipinski definition) is 3. The summed E-state index contributed by atoms with van der Waals surface area (Å²) in [7, 11) is 0. The third-order valence-corrected chi connectivity index (χ3v) is 2.88. The summed E-state index contributed by atoms with van der Waals surface area (Å²) in [5.74, 6) is -0.630. The van der Waals surface area contributed by atoms with Gasteiger partial charge in [-0.1, -0.05) is 0 Å². The van der Waals surface area contributed by atoms with Gasteiger partial charge in [0.05, 0.1) is 6.54 Å². The van der Waals surface area contributed by atoms with Crippen LogP contribution in [0.5, 0.6) is 0 Å². The summed E-state index contributed by atoms with van der Waals surface area (Å²) >= 11 is 0. The number of hydrogen-bond donors (Lipinski definition) is 1. The maximum Gasteiger partial charge on any atom is 0.151 e. The quantitative estimate of drug-likeness (QED) is 0.899. The highest BCUT2D eigenvalue weighted by Gasteiger charge is 2.21. The van der Waals surface area contributed by atoms with Crippen LogP contribution in [-0.2, 0) is 6.54 Å². The van der Waals surface area contributed by atoms with Crippen LogP contribution in [0.1, 0.15) is 18.7 Å². The number of halogens is 2. The standard InChI is InChI=1S/C12H12F2N4/c13-8-1-4-11(10(14)5-8)18-12(16-7-17-18)6-15-9-2-3-9/h1,4-5,7,9,15H,2-3,6H2. The van der Waals surface area contributed by atoms with Crippen LogP contribution in [0.2, 0.25) is 0 Å². The molecule has 0 spiro atoms. The molecule has 0 aliphatic heterocycles. The zero-order valence-electron chi connectivity index (χ0n) is 9.61. The number of nitrogens with zero attached hydrogens (tertiary/aromatic N) is 3. The molecule has 2 aromatic rings. The molecule has 0 bridgehead atoms. The number of benzene rings is 1. The van der Waals surface area contributed by atoms with E-state index in [1.807, 2.05) is 0 Å². The van der Waals surface area contributed by atoms with Crippen LogP contribution in [0.15, 0.2) is 24.5 Å². The van der Waals surface area contributed by atoms with E-state index in [0.29, 0.717) is 18.4 Å². The van der Waals surface area contributed by atoms with Crippen LogP contribution in [0.3, 0.4) is 0 Å². The van der Waals surface area contributed by atoms with Crippen molar-refractivity contribution in [2.75, 3.05) is 0 Å². The molecule has 0 radical (unpaired) electrons. The Kier molecular flexibility index (Phi) is 2.79. The van der Waals surface area contributed by atoms with Crippen molar-refractivity contribution in [2.45, 2.75) is 25.4 Å². The van der Waals surface area contributed by atoms with Crippen molar-refractivity contribution in [3.05, 3.63) is 42.0 Å². The van der Waals surface area contributed by atoms with Gasteiger partial charge >= 0.3 is 0 Å². The van der Waals surface area contributed by atoms with Crippen molar-refractivity contribution in [1.82, 2.24) is 20.1 Å². The Bertz CT molecular complexity index is 563. The van der Waals surface area contributed by atoms with Crippen molar-refractivity contribution in [1.29, 1.82) is 0 Å². The molecule has 94 valence electrons. The fourth-order valence-corrected chi connectivity index (χ4v) is 1.76. The van der Waals surface area contributed by atoms with Gasteiger partial charge in [-0.15, -0.1) is 0 Å². The van der Waals surface area contributed by atoms with Gasteiger partial charge in [0.25, 0.3) is 0 Å². The molecule has 1 aromatic carbocycles. The predicted octanol–water partition coefficient (Wildman–Crippen LogP) is 1.80. The molecule has 1 heterocycles. The SMILES string of the molecule is Fc1ccc(-n2ncnc2CNC2CC2)c(F)c1. The van der Waals surface area contributed by atoms with Crippen LogP contribution >= 0.6 is 0 Å². The highest BCUT2D eigenvalue weighted by Crippen LogP contribution is 2.20. The first-order chi connectivity index (χ1) is 8.74. The van der Waals surface area contributed by atoms with E-state index in [1.165, 1.54) is 36.0 Å². The number of nitrogens with one attached hydrogen (secondary N) is 1. The van der Waals surface area contributed by atoms with E-state index in [9.17, 15) is 8.78 Å². The van der Waals surface area contributed by atoms with Crippen LogP contribution in [-0.4, -0.2) is 20.8 Å². The molecule has 18 heavy (non-hydrogen) atoms. The lowest BCUT2D eigenvalue weighted by Crippen LogP contribution is -2.19. The average Bonchev–Trinajstić information content (AvgIpc) is 3.06. The van der Waals surface area contributed by atoms with Gasteiger partial charge in [0, 0.05) is 12.1 Å². The molecule has 4 nitrogen and oxygen atoms in total. The monoisotopic (exact) mass is 250 g/mol. The number of aromatic nitrogens is 3. The van der Waals surface area contributed by atoms with E-state index in [0.717, 1.165) is 6.07 Å². The molecule has 1 aliphatic rings. The Labute approximate surface area is 103 Å². The van der Waals surface area contributed by atoms with E-state index in [4.69, 9.17) is 0 Å². The topological polar surface area (TPSA) is 42.7 Å². The van der Waals surface area contributed by atoms with Crippen molar-refractivity contribution in [3.63, 3.8) is 0 Å². The smallest absolute Gasteiger partial charge is 0.151 e.